The number of ether oxygens (including phenoxy) is 4. The molecule has 0 aromatic rings. The fourth-order valence-electron chi connectivity index (χ4n) is 12.4. The Bertz CT molecular complexity index is 1890. The van der Waals surface area contributed by atoms with Gasteiger partial charge in [0.25, 0.3) is 0 Å². The molecule has 17 nitrogen and oxygen atoms in total. The van der Waals surface area contributed by atoms with Crippen LogP contribution in [0.25, 0.3) is 0 Å². The van der Waals surface area contributed by atoms with Crippen LogP contribution >= 0.6 is 15.6 Å². The molecule has 0 rings (SSSR count). The molecule has 0 aliphatic rings. The zero-order chi connectivity index (χ0) is 72.7. The summed E-state index contributed by atoms with van der Waals surface area (Å²) in [6, 6.07) is 0. The van der Waals surface area contributed by atoms with Gasteiger partial charge in [0.15, 0.2) is 12.2 Å². The first kappa shape index (κ1) is 97.1. The molecule has 0 aromatic carbocycles. The lowest BCUT2D eigenvalue weighted by Gasteiger charge is -2.21. The number of esters is 4. The molecule has 0 spiro atoms. The fourth-order valence-corrected chi connectivity index (χ4v) is 14.0. The molecule has 19 heteroatoms. The lowest BCUT2D eigenvalue weighted by Crippen LogP contribution is -2.30. The summed E-state index contributed by atoms with van der Waals surface area (Å²) in [4.78, 5) is 73.0. The summed E-state index contributed by atoms with van der Waals surface area (Å²) in [6.07, 6.45) is 63.9. The summed E-state index contributed by atoms with van der Waals surface area (Å²) >= 11 is 0. The van der Waals surface area contributed by atoms with Crippen LogP contribution in [0.1, 0.15) is 426 Å². The Morgan fingerprint density at radius 1 is 0.273 bits per heavy atom. The highest BCUT2D eigenvalue weighted by Crippen LogP contribution is 2.45. The van der Waals surface area contributed by atoms with Crippen LogP contribution in [0.2, 0.25) is 0 Å². The van der Waals surface area contributed by atoms with Crippen molar-refractivity contribution in [2.75, 3.05) is 39.6 Å². The van der Waals surface area contributed by atoms with E-state index in [0.29, 0.717) is 25.7 Å². The van der Waals surface area contributed by atoms with Gasteiger partial charge in [-0.2, -0.15) is 0 Å². The first-order valence-corrected chi connectivity index (χ1v) is 44.6. The SMILES string of the molecule is CCCCCCCCCCCCCCCCCCCCCCCC(=O)O[C@H](COC(=O)CCCCCCCCCCCCCCCCC)COP(=O)(O)OC[C@@H](O)COP(=O)(O)OC[C@@H](COC(=O)CCCCCCCCCCC(C)C)OC(=O)CCCCCCCCCCCCCC. The summed E-state index contributed by atoms with van der Waals surface area (Å²) in [5.74, 6) is -1.38. The normalized spacial score (nSPS) is 13.9. The minimum absolute atomic E-state index is 0.107. The second kappa shape index (κ2) is 73.0. The quantitative estimate of drug-likeness (QED) is 0.0222. The average Bonchev–Trinajstić information content (AvgIpc) is 3.74. The van der Waals surface area contributed by atoms with Crippen LogP contribution in [-0.4, -0.2) is 96.7 Å². The van der Waals surface area contributed by atoms with Crippen LogP contribution in [-0.2, 0) is 65.4 Å². The zero-order valence-electron chi connectivity index (χ0n) is 64.6. The highest BCUT2D eigenvalue weighted by atomic mass is 31.2. The molecule has 99 heavy (non-hydrogen) atoms. The van der Waals surface area contributed by atoms with Gasteiger partial charge in [-0.3, -0.25) is 37.3 Å². The largest absolute Gasteiger partial charge is 0.472 e. The summed E-state index contributed by atoms with van der Waals surface area (Å²) < 4.78 is 68.7. The number of hydrogen-bond donors (Lipinski definition) is 3. The number of aliphatic hydroxyl groups excluding tert-OH is 1. The fraction of sp³-hybridized carbons (Fsp3) is 0.950. The van der Waals surface area contributed by atoms with Gasteiger partial charge >= 0.3 is 39.5 Å². The topological polar surface area (TPSA) is 237 Å². The van der Waals surface area contributed by atoms with Gasteiger partial charge in [-0.25, -0.2) is 9.13 Å². The van der Waals surface area contributed by atoms with E-state index >= 15 is 0 Å². The number of phosphoric acid groups is 2. The Balaban J connectivity index is 5.21. The minimum Gasteiger partial charge on any atom is -0.462 e. The van der Waals surface area contributed by atoms with Gasteiger partial charge in [0.2, 0.25) is 0 Å². The third-order valence-electron chi connectivity index (χ3n) is 18.8. The number of aliphatic hydroxyl groups is 1. The van der Waals surface area contributed by atoms with E-state index in [4.69, 9.17) is 37.0 Å². The predicted molar refractivity (Wildman–Crippen MR) is 405 cm³/mol. The highest BCUT2D eigenvalue weighted by molar-refractivity contribution is 7.47. The number of unbranched alkanes of at least 4 members (excludes halogenated alkanes) is 52. The van der Waals surface area contributed by atoms with E-state index < -0.39 is 97.5 Å². The predicted octanol–water partition coefficient (Wildman–Crippen LogP) is 24.0. The molecule has 0 aliphatic heterocycles. The molecule has 0 saturated carbocycles. The first-order valence-electron chi connectivity index (χ1n) is 41.6. The van der Waals surface area contributed by atoms with Crippen molar-refractivity contribution in [1.29, 1.82) is 0 Å². The minimum atomic E-state index is -4.96. The van der Waals surface area contributed by atoms with Gasteiger partial charge in [-0.1, -0.05) is 375 Å². The third kappa shape index (κ3) is 74.1. The number of hydrogen-bond acceptors (Lipinski definition) is 15. The maximum absolute atomic E-state index is 13.1. The third-order valence-corrected chi connectivity index (χ3v) is 20.7. The Morgan fingerprint density at radius 3 is 0.687 bits per heavy atom. The van der Waals surface area contributed by atoms with E-state index in [9.17, 15) is 43.2 Å². The van der Waals surface area contributed by atoms with E-state index in [-0.39, 0.29) is 25.7 Å². The monoisotopic (exact) mass is 1450 g/mol. The second-order valence-electron chi connectivity index (χ2n) is 29.3. The van der Waals surface area contributed by atoms with Crippen molar-refractivity contribution in [2.24, 2.45) is 5.92 Å². The smallest absolute Gasteiger partial charge is 0.462 e. The molecule has 3 N–H and O–H groups in total. The second-order valence-corrected chi connectivity index (χ2v) is 32.2. The maximum atomic E-state index is 13.1. The van der Waals surface area contributed by atoms with Crippen LogP contribution in [0.3, 0.4) is 0 Å². The molecule has 5 atom stereocenters. The van der Waals surface area contributed by atoms with Crippen LogP contribution in [0, 0.1) is 5.92 Å². The van der Waals surface area contributed by atoms with Crippen molar-refractivity contribution in [2.45, 2.75) is 445 Å². The summed E-state index contributed by atoms with van der Waals surface area (Å²) in [7, 11) is -9.92. The van der Waals surface area contributed by atoms with Crippen molar-refractivity contribution < 1.29 is 80.2 Å². The average molecular weight is 1450 g/mol. The molecule has 0 heterocycles. The summed E-state index contributed by atoms with van der Waals surface area (Å²) in [6.45, 7) is 7.29. The highest BCUT2D eigenvalue weighted by Gasteiger charge is 2.30. The Kier molecular flexibility index (Phi) is 71.6. The Hall–Kier alpha value is -1.94. The van der Waals surface area contributed by atoms with Crippen molar-refractivity contribution in [3.8, 4) is 0 Å². The van der Waals surface area contributed by atoms with E-state index in [1.165, 1.54) is 250 Å². The molecule has 0 fully saturated rings. The molecular weight excluding hydrogens is 1290 g/mol. The first-order chi connectivity index (χ1) is 48.0. The molecule has 588 valence electrons. The summed E-state index contributed by atoms with van der Waals surface area (Å²) in [5.41, 5.74) is 0. The van der Waals surface area contributed by atoms with Crippen molar-refractivity contribution in [3.63, 3.8) is 0 Å². The van der Waals surface area contributed by atoms with Crippen LogP contribution in [0.15, 0.2) is 0 Å². The Labute approximate surface area is 607 Å². The van der Waals surface area contributed by atoms with Gasteiger partial charge < -0.3 is 33.8 Å². The zero-order valence-corrected chi connectivity index (χ0v) is 66.4. The van der Waals surface area contributed by atoms with E-state index in [0.717, 1.165) is 95.8 Å². The number of carbonyl (C=O) groups excluding carboxylic acids is 4. The molecular formula is C80H156O17P2. The van der Waals surface area contributed by atoms with Gasteiger partial charge in [-0.05, 0) is 31.6 Å². The lowest BCUT2D eigenvalue weighted by molar-refractivity contribution is -0.161. The van der Waals surface area contributed by atoms with Gasteiger partial charge in [0, 0.05) is 25.7 Å². The molecule has 0 aromatic heterocycles. The molecule has 0 amide bonds. The lowest BCUT2D eigenvalue weighted by atomic mass is 10.0. The van der Waals surface area contributed by atoms with Crippen LogP contribution < -0.4 is 0 Å². The maximum Gasteiger partial charge on any atom is 0.472 e. The standard InChI is InChI=1S/C80H156O17P2/c1-6-9-12-15-18-21-24-27-29-30-31-32-33-34-36-38-41-44-51-56-61-66-80(85)96-75(69-90-77(82)63-58-53-48-42-40-37-35-28-25-22-19-16-13-10-7-2)71-94-98(86,87)92-67-74(81)68-93-99(88,89)95-72-76(70-91-78(83)64-59-54-49-46-45-47-52-57-62-73(4)5)97-79(84)65-60-55-50-43-39-26-23-20-17-14-11-8-3/h73-76,81H,6-72H2,1-5H3,(H,86,87)(H,88,89)/t74-,75-,76-/m1/s1. The van der Waals surface area contributed by atoms with Gasteiger partial charge in [0.05, 0.1) is 26.4 Å². The number of rotatable bonds is 80. The van der Waals surface area contributed by atoms with Crippen LogP contribution in [0.5, 0.6) is 0 Å². The van der Waals surface area contributed by atoms with Crippen molar-refractivity contribution in [1.82, 2.24) is 0 Å². The van der Waals surface area contributed by atoms with Gasteiger partial charge in [-0.15, -0.1) is 0 Å². The summed E-state index contributed by atoms with van der Waals surface area (Å²) in [5, 5.41) is 10.6. The number of phosphoric ester groups is 2. The number of carbonyl (C=O) groups is 4. The van der Waals surface area contributed by atoms with Crippen molar-refractivity contribution in [3.05, 3.63) is 0 Å². The van der Waals surface area contributed by atoms with E-state index in [1.807, 2.05) is 0 Å². The molecule has 0 bridgehead atoms. The molecule has 0 saturated heterocycles. The Morgan fingerprint density at radius 2 is 0.465 bits per heavy atom. The van der Waals surface area contributed by atoms with Crippen LogP contribution in [0.4, 0.5) is 0 Å². The van der Waals surface area contributed by atoms with E-state index in [2.05, 4.69) is 34.6 Å². The molecule has 2 unspecified atom stereocenters. The molecule has 0 radical (unpaired) electrons. The van der Waals surface area contributed by atoms with Gasteiger partial charge in [0.1, 0.15) is 19.3 Å². The van der Waals surface area contributed by atoms with Crippen molar-refractivity contribution >= 4 is 39.5 Å². The van der Waals surface area contributed by atoms with E-state index in [1.54, 1.807) is 0 Å². The molecule has 0 aliphatic carbocycles.